The lowest BCUT2D eigenvalue weighted by Gasteiger charge is -2.13. The van der Waals surface area contributed by atoms with E-state index in [4.69, 9.17) is 11.6 Å². The van der Waals surface area contributed by atoms with Gasteiger partial charge in [-0.3, -0.25) is 4.99 Å². The van der Waals surface area contributed by atoms with Crippen LogP contribution in [0.3, 0.4) is 0 Å². The van der Waals surface area contributed by atoms with E-state index < -0.39 is 5.51 Å². The number of halogens is 4. The molecule has 0 unspecified atom stereocenters. The molecule has 0 spiro atoms. The fraction of sp³-hybridized carbons (Fsp3) is 0.400. The molecule has 1 aromatic rings. The largest absolute Gasteiger partial charge is 0.446 e. The van der Waals surface area contributed by atoms with Crippen molar-refractivity contribution in [1.82, 2.24) is 0 Å². The normalized spacial score (nSPS) is 14.8. The van der Waals surface area contributed by atoms with Gasteiger partial charge in [0.2, 0.25) is 0 Å². The second-order valence-corrected chi connectivity index (χ2v) is 5.71. The number of alkyl halides is 3. The summed E-state index contributed by atoms with van der Waals surface area (Å²) in [5.41, 5.74) is -2.14. The number of benzene rings is 1. The fourth-order valence-electron chi connectivity index (χ4n) is 1.79. The smallest absolute Gasteiger partial charge is 0.258 e. The monoisotopic (exact) mass is 335 g/mol. The van der Waals surface area contributed by atoms with Gasteiger partial charge >= 0.3 is 5.51 Å². The second kappa shape index (κ2) is 7.90. The zero-order valence-electron chi connectivity index (χ0n) is 12.1. The zero-order chi connectivity index (χ0) is 16.0. The molecule has 1 heterocycles. The maximum atomic E-state index is 12.4. The molecule has 21 heavy (non-hydrogen) atoms. The van der Waals surface area contributed by atoms with Crippen molar-refractivity contribution >= 4 is 34.8 Å². The number of aliphatic imine (C=N–C) groups is 1. The highest BCUT2D eigenvalue weighted by atomic mass is 35.5. The van der Waals surface area contributed by atoms with Gasteiger partial charge in [0.1, 0.15) is 0 Å². The highest BCUT2D eigenvalue weighted by molar-refractivity contribution is 8.00. The van der Waals surface area contributed by atoms with Crippen LogP contribution in [0.1, 0.15) is 39.2 Å². The molecular formula is C15H17ClF3NS. The van der Waals surface area contributed by atoms with E-state index in [1.807, 2.05) is 26.8 Å². The van der Waals surface area contributed by atoms with E-state index in [0.717, 1.165) is 18.6 Å². The minimum Gasteiger partial charge on any atom is -0.258 e. The summed E-state index contributed by atoms with van der Waals surface area (Å²) in [6.07, 6.45) is 3.60. The van der Waals surface area contributed by atoms with Gasteiger partial charge in [0.15, 0.2) is 0 Å². The predicted octanol–water partition coefficient (Wildman–Crippen LogP) is 6.57. The first-order valence-electron chi connectivity index (χ1n) is 6.65. The van der Waals surface area contributed by atoms with E-state index in [0.29, 0.717) is 16.3 Å². The summed E-state index contributed by atoms with van der Waals surface area (Å²) in [6, 6.07) is 4.28. The Bertz CT molecular complexity index is 550. The summed E-state index contributed by atoms with van der Waals surface area (Å²) in [6.45, 7) is 5.90. The molecule has 116 valence electrons. The number of rotatable bonds is 2. The molecule has 0 radical (unpaired) electrons. The maximum Gasteiger partial charge on any atom is 0.446 e. The topological polar surface area (TPSA) is 12.4 Å². The number of nitrogens with zero attached hydrogens (tertiary/aromatic N) is 1. The second-order valence-electron chi connectivity index (χ2n) is 4.16. The molecule has 1 aliphatic heterocycles. The lowest BCUT2D eigenvalue weighted by atomic mass is 10.1. The van der Waals surface area contributed by atoms with Crippen molar-refractivity contribution in [2.24, 2.45) is 4.99 Å². The van der Waals surface area contributed by atoms with Crippen LogP contribution < -0.4 is 0 Å². The summed E-state index contributed by atoms with van der Waals surface area (Å²) in [5.74, 6) is 0. The van der Waals surface area contributed by atoms with Crippen LogP contribution in [0.25, 0.3) is 5.70 Å². The lowest BCUT2D eigenvalue weighted by Crippen LogP contribution is -2.00. The van der Waals surface area contributed by atoms with Crippen LogP contribution in [0.15, 0.2) is 34.2 Å². The first-order valence-corrected chi connectivity index (χ1v) is 7.84. The Morgan fingerprint density at radius 3 is 2.48 bits per heavy atom. The van der Waals surface area contributed by atoms with Crippen LogP contribution in [0, 0.1) is 0 Å². The van der Waals surface area contributed by atoms with E-state index in [-0.39, 0.29) is 16.7 Å². The number of hydrogen-bond acceptors (Lipinski definition) is 2. The molecule has 6 heteroatoms. The molecule has 0 aromatic heterocycles. The minimum absolute atomic E-state index is 0.117. The maximum absolute atomic E-state index is 12.4. The summed E-state index contributed by atoms with van der Waals surface area (Å²) in [7, 11) is 0. The Morgan fingerprint density at radius 1 is 1.24 bits per heavy atom. The Balaban J connectivity index is 0.00000106. The standard InChI is InChI=1S/C13H11ClF3NS.C2H6/c1-8-3-2-4-12(18-8)10-7-9(5-6-11(10)14)19-13(15,16)17;1-2/h4-7H,2-3H2,1H3;1-2H3. The average Bonchev–Trinajstić information content (AvgIpc) is 2.42. The third-order valence-electron chi connectivity index (χ3n) is 2.60. The first-order chi connectivity index (χ1) is 9.85. The van der Waals surface area contributed by atoms with E-state index in [2.05, 4.69) is 4.99 Å². The SMILES string of the molecule is CC.CC1=NC(c2cc(SC(F)(F)F)ccc2Cl)=CCC1. The van der Waals surface area contributed by atoms with Gasteiger partial charge in [0, 0.05) is 16.2 Å². The van der Waals surface area contributed by atoms with Crippen molar-refractivity contribution < 1.29 is 13.2 Å². The Kier molecular flexibility index (Phi) is 6.81. The van der Waals surface area contributed by atoms with Crippen LogP contribution in [0.4, 0.5) is 13.2 Å². The van der Waals surface area contributed by atoms with Crippen molar-refractivity contribution in [2.75, 3.05) is 0 Å². The number of hydrogen-bond donors (Lipinski definition) is 0. The third-order valence-corrected chi connectivity index (χ3v) is 3.65. The predicted molar refractivity (Wildman–Crippen MR) is 85.0 cm³/mol. The van der Waals surface area contributed by atoms with Crippen LogP contribution in [0.2, 0.25) is 5.02 Å². The molecule has 0 saturated heterocycles. The molecular weight excluding hydrogens is 319 g/mol. The van der Waals surface area contributed by atoms with Gasteiger partial charge in [-0.1, -0.05) is 31.5 Å². The molecule has 0 saturated carbocycles. The van der Waals surface area contributed by atoms with Crippen molar-refractivity contribution in [3.8, 4) is 0 Å². The molecule has 1 aliphatic rings. The van der Waals surface area contributed by atoms with E-state index in [9.17, 15) is 13.2 Å². The quantitative estimate of drug-likeness (QED) is 0.556. The Morgan fingerprint density at radius 2 is 1.90 bits per heavy atom. The van der Waals surface area contributed by atoms with E-state index >= 15 is 0 Å². The van der Waals surface area contributed by atoms with E-state index in [1.165, 1.54) is 18.2 Å². The van der Waals surface area contributed by atoms with Crippen molar-refractivity contribution in [1.29, 1.82) is 0 Å². The van der Waals surface area contributed by atoms with Gasteiger partial charge in [0.25, 0.3) is 0 Å². The fourth-order valence-corrected chi connectivity index (χ4v) is 2.59. The Labute approximate surface area is 132 Å². The summed E-state index contributed by atoms with van der Waals surface area (Å²) in [5, 5.41) is 0.413. The van der Waals surface area contributed by atoms with Crippen molar-refractivity contribution in [2.45, 2.75) is 44.0 Å². The van der Waals surface area contributed by atoms with Gasteiger partial charge in [0.05, 0.1) is 10.7 Å². The van der Waals surface area contributed by atoms with Gasteiger partial charge < -0.3 is 0 Å². The molecule has 0 N–H and O–H groups in total. The third kappa shape index (κ3) is 5.75. The van der Waals surface area contributed by atoms with Crippen LogP contribution >= 0.6 is 23.4 Å². The Hall–Kier alpha value is -0.940. The first kappa shape index (κ1) is 18.1. The summed E-state index contributed by atoms with van der Waals surface area (Å²) in [4.78, 5) is 4.47. The molecule has 0 fully saturated rings. The average molecular weight is 336 g/mol. The van der Waals surface area contributed by atoms with Gasteiger partial charge in [-0.2, -0.15) is 13.2 Å². The molecule has 1 aromatic carbocycles. The highest BCUT2D eigenvalue weighted by Gasteiger charge is 2.29. The molecule has 0 amide bonds. The molecule has 0 bridgehead atoms. The van der Waals surface area contributed by atoms with Gasteiger partial charge in [-0.25, -0.2) is 0 Å². The zero-order valence-corrected chi connectivity index (χ0v) is 13.7. The van der Waals surface area contributed by atoms with E-state index in [1.54, 1.807) is 0 Å². The van der Waals surface area contributed by atoms with Crippen molar-refractivity contribution in [3.05, 3.63) is 34.9 Å². The molecule has 1 nitrogen and oxygen atoms in total. The lowest BCUT2D eigenvalue weighted by molar-refractivity contribution is -0.0328. The molecule has 0 aliphatic carbocycles. The van der Waals surface area contributed by atoms with Crippen molar-refractivity contribution in [3.63, 3.8) is 0 Å². The van der Waals surface area contributed by atoms with Gasteiger partial charge in [-0.05, 0) is 49.7 Å². The molecule has 0 atom stereocenters. The number of thioether (sulfide) groups is 1. The van der Waals surface area contributed by atoms with Crippen LogP contribution in [-0.2, 0) is 0 Å². The van der Waals surface area contributed by atoms with Crippen LogP contribution in [0.5, 0.6) is 0 Å². The van der Waals surface area contributed by atoms with Gasteiger partial charge in [-0.15, -0.1) is 0 Å². The highest BCUT2D eigenvalue weighted by Crippen LogP contribution is 2.39. The molecule has 2 rings (SSSR count). The summed E-state index contributed by atoms with van der Waals surface area (Å²) < 4.78 is 37.1. The van der Waals surface area contributed by atoms with Crippen LogP contribution in [-0.4, -0.2) is 11.2 Å². The summed E-state index contributed by atoms with van der Waals surface area (Å²) >= 11 is 5.90. The number of allylic oxidation sites excluding steroid dienone is 1. The minimum atomic E-state index is -4.30.